The summed E-state index contributed by atoms with van der Waals surface area (Å²) in [7, 11) is 0. The molecule has 1 saturated carbocycles. The largest absolute Gasteiger partial charge is 0.388 e. The number of carbonyl (C=O) groups is 1. The smallest absolute Gasteiger partial charge is 0.252 e. The van der Waals surface area contributed by atoms with E-state index in [1.165, 1.54) is 0 Å². The monoisotopic (exact) mass is 275 g/mol. The van der Waals surface area contributed by atoms with Crippen LogP contribution in [-0.4, -0.2) is 23.2 Å². The predicted molar refractivity (Wildman–Crippen MR) is 77.6 cm³/mol. The number of aliphatic hydroxyl groups is 1. The third-order valence-corrected chi connectivity index (χ3v) is 4.80. The highest BCUT2D eigenvalue weighted by Crippen LogP contribution is 2.29. The van der Waals surface area contributed by atoms with Crippen molar-refractivity contribution in [3.05, 3.63) is 35.2 Å². The Morgan fingerprint density at radius 2 is 2.05 bits per heavy atom. The first kappa shape index (κ1) is 12.6. The fourth-order valence-corrected chi connectivity index (χ4v) is 3.64. The van der Waals surface area contributed by atoms with Crippen molar-refractivity contribution in [1.29, 1.82) is 0 Å². The van der Waals surface area contributed by atoms with Gasteiger partial charge >= 0.3 is 0 Å². The lowest BCUT2D eigenvalue weighted by Crippen LogP contribution is -2.40. The van der Waals surface area contributed by atoms with E-state index in [1.54, 1.807) is 11.3 Å². The fourth-order valence-electron chi connectivity index (χ4n) is 2.70. The summed E-state index contributed by atoms with van der Waals surface area (Å²) in [5.41, 5.74) is 0.0174. The van der Waals surface area contributed by atoms with Gasteiger partial charge in [0, 0.05) is 22.0 Å². The summed E-state index contributed by atoms with van der Waals surface area (Å²) in [5, 5.41) is 16.0. The van der Waals surface area contributed by atoms with E-state index >= 15 is 0 Å². The number of hydrogen-bond acceptors (Lipinski definition) is 3. The van der Waals surface area contributed by atoms with Gasteiger partial charge < -0.3 is 10.4 Å². The van der Waals surface area contributed by atoms with Gasteiger partial charge in [0.1, 0.15) is 0 Å². The lowest BCUT2D eigenvalue weighted by Gasteiger charge is -2.22. The molecule has 0 aliphatic heterocycles. The Balaban J connectivity index is 1.73. The molecule has 0 saturated heterocycles. The van der Waals surface area contributed by atoms with Gasteiger partial charge in [-0.2, -0.15) is 0 Å². The molecule has 3 nitrogen and oxygen atoms in total. The summed E-state index contributed by atoms with van der Waals surface area (Å²) < 4.78 is 1.12. The SMILES string of the molecule is O=C(NCC1(O)CCCC1)c1csc2ccccc12. The minimum atomic E-state index is -0.693. The Morgan fingerprint density at radius 1 is 1.32 bits per heavy atom. The van der Waals surface area contributed by atoms with E-state index < -0.39 is 5.60 Å². The van der Waals surface area contributed by atoms with Gasteiger partial charge in [-0.1, -0.05) is 31.0 Å². The van der Waals surface area contributed by atoms with Crippen LogP contribution >= 0.6 is 11.3 Å². The molecule has 2 aromatic rings. The van der Waals surface area contributed by atoms with E-state index in [-0.39, 0.29) is 5.91 Å². The molecule has 1 fully saturated rings. The van der Waals surface area contributed by atoms with Crippen LogP contribution in [0.1, 0.15) is 36.0 Å². The van der Waals surface area contributed by atoms with Crippen LogP contribution in [0.25, 0.3) is 10.1 Å². The lowest BCUT2D eigenvalue weighted by atomic mass is 10.0. The molecule has 1 aromatic heterocycles. The number of rotatable bonds is 3. The van der Waals surface area contributed by atoms with E-state index in [0.717, 1.165) is 35.8 Å². The highest BCUT2D eigenvalue weighted by molar-refractivity contribution is 7.17. The quantitative estimate of drug-likeness (QED) is 0.905. The third-order valence-electron chi connectivity index (χ3n) is 3.84. The van der Waals surface area contributed by atoms with E-state index in [9.17, 15) is 9.90 Å². The van der Waals surface area contributed by atoms with Gasteiger partial charge in [-0.25, -0.2) is 0 Å². The molecule has 1 aliphatic carbocycles. The van der Waals surface area contributed by atoms with Crippen LogP contribution < -0.4 is 5.32 Å². The predicted octanol–water partition coefficient (Wildman–Crippen LogP) is 2.94. The number of benzene rings is 1. The number of nitrogens with one attached hydrogen (secondary N) is 1. The molecule has 0 radical (unpaired) electrons. The second-order valence-corrected chi connectivity index (χ2v) is 6.17. The Bertz CT molecular complexity index is 599. The Labute approximate surface area is 116 Å². The van der Waals surface area contributed by atoms with Crippen LogP contribution in [0.3, 0.4) is 0 Å². The van der Waals surface area contributed by atoms with Gasteiger partial charge in [-0.3, -0.25) is 4.79 Å². The van der Waals surface area contributed by atoms with Gasteiger partial charge in [0.05, 0.1) is 11.2 Å². The minimum Gasteiger partial charge on any atom is -0.388 e. The molecule has 0 atom stereocenters. The van der Waals surface area contributed by atoms with Crippen molar-refractivity contribution in [3.8, 4) is 0 Å². The van der Waals surface area contributed by atoms with Gasteiger partial charge in [-0.15, -0.1) is 11.3 Å². The number of hydrogen-bond donors (Lipinski definition) is 2. The number of thiophene rings is 1. The second-order valence-electron chi connectivity index (χ2n) is 5.26. The van der Waals surface area contributed by atoms with Crippen LogP contribution in [-0.2, 0) is 0 Å². The van der Waals surface area contributed by atoms with Crippen molar-refractivity contribution >= 4 is 27.3 Å². The van der Waals surface area contributed by atoms with E-state index in [4.69, 9.17) is 0 Å². The number of amides is 1. The lowest BCUT2D eigenvalue weighted by molar-refractivity contribution is 0.0450. The highest BCUT2D eigenvalue weighted by atomic mass is 32.1. The Hall–Kier alpha value is -1.39. The zero-order valence-electron chi connectivity index (χ0n) is 10.7. The average molecular weight is 275 g/mol. The van der Waals surface area contributed by atoms with Crippen LogP contribution in [0.5, 0.6) is 0 Å². The topological polar surface area (TPSA) is 49.3 Å². The zero-order chi connectivity index (χ0) is 13.3. The van der Waals surface area contributed by atoms with E-state index in [1.807, 2.05) is 29.6 Å². The van der Waals surface area contributed by atoms with Crippen molar-refractivity contribution in [2.45, 2.75) is 31.3 Å². The van der Waals surface area contributed by atoms with Crippen molar-refractivity contribution in [1.82, 2.24) is 5.32 Å². The fraction of sp³-hybridized carbons (Fsp3) is 0.400. The standard InChI is InChI=1S/C15H17NO2S/c17-14(16-10-15(18)7-3-4-8-15)12-9-19-13-6-2-1-5-11(12)13/h1-2,5-6,9,18H,3-4,7-8,10H2,(H,16,17). The molecule has 1 aliphatic rings. The van der Waals surface area contributed by atoms with Crippen molar-refractivity contribution in [2.24, 2.45) is 0 Å². The molecule has 0 unspecified atom stereocenters. The molecule has 1 aromatic carbocycles. The summed E-state index contributed by atoms with van der Waals surface area (Å²) >= 11 is 1.58. The summed E-state index contributed by atoms with van der Waals surface area (Å²) in [6.45, 7) is 0.357. The first-order valence-corrected chi connectivity index (χ1v) is 7.53. The van der Waals surface area contributed by atoms with Crippen molar-refractivity contribution in [3.63, 3.8) is 0 Å². The van der Waals surface area contributed by atoms with E-state index in [2.05, 4.69) is 5.32 Å². The zero-order valence-corrected chi connectivity index (χ0v) is 11.5. The molecule has 1 heterocycles. The molecule has 0 spiro atoms. The summed E-state index contributed by atoms with van der Waals surface area (Å²) in [6, 6.07) is 7.89. The van der Waals surface area contributed by atoms with Crippen LogP contribution in [0.2, 0.25) is 0 Å². The highest BCUT2D eigenvalue weighted by Gasteiger charge is 2.31. The Morgan fingerprint density at radius 3 is 2.84 bits per heavy atom. The van der Waals surface area contributed by atoms with Crippen LogP contribution in [0.15, 0.2) is 29.6 Å². The second kappa shape index (κ2) is 4.94. The first-order chi connectivity index (χ1) is 9.18. The molecule has 1 amide bonds. The molecule has 100 valence electrons. The van der Waals surface area contributed by atoms with Crippen molar-refractivity contribution < 1.29 is 9.90 Å². The maximum Gasteiger partial charge on any atom is 0.252 e. The molecule has 0 bridgehead atoms. The van der Waals surface area contributed by atoms with E-state index in [0.29, 0.717) is 12.1 Å². The molecule has 2 N–H and O–H groups in total. The van der Waals surface area contributed by atoms with Crippen LogP contribution in [0.4, 0.5) is 0 Å². The molecular formula is C15H17NO2S. The molecule has 19 heavy (non-hydrogen) atoms. The maximum atomic E-state index is 12.2. The molecule has 3 rings (SSSR count). The summed E-state index contributed by atoms with van der Waals surface area (Å²) in [5.74, 6) is -0.0854. The van der Waals surface area contributed by atoms with Gasteiger partial charge in [0.25, 0.3) is 5.91 Å². The maximum absolute atomic E-state index is 12.2. The van der Waals surface area contributed by atoms with Gasteiger partial charge in [0.15, 0.2) is 0 Å². The number of carbonyl (C=O) groups excluding carboxylic acids is 1. The van der Waals surface area contributed by atoms with Gasteiger partial charge in [-0.05, 0) is 18.9 Å². The normalized spacial score (nSPS) is 17.7. The number of fused-ring (bicyclic) bond motifs is 1. The minimum absolute atomic E-state index is 0.0854. The molecule has 4 heteroatoms. The Kier molecular flexibility index (Phi) is 3.29. The first-order valence-electron chi connectivity index (χ1n) is 6.65. The third kappa shape index (κ3) is 2.51. The van der Waals surface area contributed by atoms with Crippen LogP contribution in [0, 0.1) is 0 Å². The molecular weight excluding hydrogens is 258 g/mol. The van der Waals surface area contributed by atoms with Crippen molar-refractivity contribution in [2.75, 3.05) is 6.54 Å². The van der Waals surface area contributed by atoms with Gasteiger partial charge in [0.2, 0.25) is 0 Å². The average Bonchev–Trinajstić information content (AvgIpc) is 3.03. The summed E-state index contributed by atoms with van der Waals surface area (Å²) in [6.07, 6.45) is 3.68. The summed E-state index contributed by atoms with van der Waals surface area (Å²) in [4.78, 5) is 12.2.